The van der Waals surface area contributed by atoms with Crippen LogP contribution in [0.5, 0.6) is 0 Å². The first-order valence-corrected chi connectivity index (χ1v) is 5.35. The summed E-state index contributed by atoms with van der Waals surface area (Å²) < 4.78 is 0. The van der Waals surface area contributed by atoms with Crippen molar-refractivity contribution in [3.05, 3.63) is 54.1 Å². The highest BCUT2D eigenvalue weighted by molar-refractivity contribution is 5.45. The standard InChI is InChI=1S/C13H15N3/c1-10-9-13(5-8-15-10)16-11(2)12-3-6-14-7-4-12/h3-9,11H,1-2H3,(H,15,16). The second-order valence-electron chi connectivity index (χ2n) is 3.83. The number of nitrogens with one attached hydrogen (secondary N) is 1. The van der Waals surface area contributed by atoms with Crippen molar-refractivity contribution in [2.24, 2.45) is 0 Å². The summed E-state index contributed by atoms with van der Waals surface area (Å²) in [5, 5.41) is 3.43. The third kappa shape index (κ3) is 2.57. The van der Waals surface area contributed by atoms with Gasteiger partial charge in [0.05, 0.1) is 0 Å². The van der Waals surface area contributed by atoms with Gasteiger partial charge in [-0.2, -0.15) is 0 Å². The summed E-state index contributed by atoms with van der Waals surface area (Å²) in [5.74, 6) is 0. The molecule has 2 aromatic heterocycles. The van der Waals surface area contributed by atoms with Gasteiger partial charge in [-0.3, -0.25) is 9.97 Å². The number of nitrogens with zero attached hydrogens (tertiary/aromatic N) is 2. The molecule has 82 valence electrons. The van der Waals surface area contributed by atoms with Crippen LogP contribution >= 0.6 is 0 Å². The molecule has 0 spiro atoms. The summed E-state index contributed by atoms with van der Waals surface area (Å²) >= 11 is 0. The Balaban J connectivity index is 2.11. The van der Waals surface area contributed by atoms with Gasteiger partial charge in [-0.15, -0.1) is 0 Å². The fourth-order valence-corrected chi connectivity index (χ4v) is 1.62. The number of pyridine rings is 2. The van der Waals surface area contributed by atoms with Gasteiger partial charge in [-0.1, -0.05) is 0 Å². The molecular formula is C13H15N3. The quantitative estimate of drug-likeness (QED) is 0.851. The third-order valence-electron chi connectivity index (χ3n) is 2.49. The summed E-state index contributed by atoms with van der Waals surface area (Å²) in [6.07, 6.45) is 5.44. The van der Waals surface area contributed by atoms with Crippen LogP contribution in [0, 0.1) is 6.92 Å². The van der Waals surface area contributed by atoms with E-state index in [0.717, 1.165) is 11.4 Å². The van der Waals surface area contributed by atoms with Gasteiger partial charge in [0, 0.05) is 36.0 Å². The molecule has 0 amide bonds. The Hall–Kier alpha value is -1.90. The molecule has 2 heterocycles. The van der Waals surface area contributed by atoms with Crippen LogP contribution < -0.4 is 5.32 Å². The van der Waals surface area contributed by atoms with Gasteiger partial charge in [0.25, 0.3) is 0 Å². The van der Waals surface area contributed by atoms with Crippen LogP contribution in [0.25, 0.3) is 0 Å². The topological polar surface area (TPSA) is 37.8 Å². The minimum Gasteiger partial charge on any atom is -0.378 e. The second kappa shape index (κ2) is 4.75. The number of aromatic nitrogens is 2. The van der Waals surface area contributed by atoms with E-state index >= 15 is 0 Å². The van der Waals surface area contributed by atoms with Crippen LogP contribution in [-0.2, 0) is 0 Å². The molecule has 0 bridgehead atoms. The number of anilines is 1. The normalized spacial score (nSPS) is 12.1. The Morgan fingerprint density at radius 3 is 2.56 bits per heavy atom. The average molecular weight is 213 g/mol. The van der Waals surface area contributed by atoms with Crippen LogP contribution in [0.2, 0.25) is 0 Å². The smallest absolute Gasteiger partial charge is 0.0486 e. The van der Waals surface area contributed by atoms with E-state index in [-0.39, 0.29) is 6.04 Å². The summed E-state index contributed by atoms with van der Waals surface area (Å²) in [5.41, 5.74) is 3.34. The minimum absolute atomic E-state index is 0.268. The van der Waals surface area contributed by atoms with Gasteiger partial charge < -0.3 is 5.32 Å². The highest BCUT2D eigenvalue weighted by Crippen LogP contribution is 2.18. The molecule has 1 atom stereocenters. The Bertz CT molecular complexity index is 454. The minimum atomic E-state index is 0.268. The van der Waals surface area contributed by atoms with Crippen molar-refractivity contribution >= 4 is 5.69 Å². The zero-order valence-corrected chi connectivity index (χ0v) is 9.51. The van der Waals surface area contributed by atoms with Crippen molar-refractivity contribution in [2.75, 3.05) is 5.32 Å². The molecule has 3 nitrogen and oxygen atoms in total. The van der Waals surface area contributed by atoms with Crippen molar-refractivity contribution in [1.82, 2.24) is 9.97 Å². The van der Waals surface area contributed by atoms with Crippen molar-refractivity contribution in [2.45, 2.75) is 19.9 Å². The first-order chi connectivity index (χ1) is 7.75. The Kier molecular flexibility index (Phi) is 3.15. The Labute approximate surface area is 95.6 Å². The van der Waals surface area contributed by atoms with Gasteiger partial charge in [-0.25, -0.2) is 0 Å². The number of hydrogen-bond acceptors (Lipinski definition) is 3. The molecule has 1 N–H and O–H groups in total. The highest BCUT2D eigenvalue weighted by atomic mass is 14.9. The zero-order valence-electron chi connectivity index (χ0n) is 9.51. The molecule has 0 aromatic carbocycles. The van der Waals surface area contributed by atoms with Gasteiger partial charge in [0.15, 0.2) is 0 Å². The third-order valence-corrected chi connectivity index (χ3v) is 2.49. The van der Waals surface area contributed by atoms with Crippen molar-refractivity contribution in [1.29, 1.82) is 0 Å². The lowest BCUT2D eigenvalue weighted by Gasteiger charge is -2.15. The summed E-state index contributed by atoms with van der Waals surface area (Å²) in [4.78, 5) is 8.18. The van der Waals surface area contributed by atoms with Crippen molar-refractivity contribution in [3.63, 3.8) is 0 Å². The van der Waals surface area contributed by atoms with E-state index in [1.807, 2.05) is 49.8 Å². The fourth-order valence-electron chi connectivity index (χ4n) is 1.62. The lowest BCUT2D eigenvalue weighted by molar-refractivity contribution is 0.879. The Morgan fingerprint density at radius 1 is 1.12 bits per heavy atom. The molecule has 0 saturated carbocycles. The Morgan fingerprint density at radius 2 is 1.88 bits per heavy atom. The SMILES string of the molecule is Cc1cc(NC(C)c2ccncc2)ccn1. The van der Waals surface area contributed by atoms with Gasteiger partial charge in [-0.05, 0) is 43.7 Å². The van der Waals surface area contributed by atoms with Gasteiger partial charge >= 0.3 is 0 Å². The number of rotatable bonds is 3. The molecule has 1 unspecified atom stereocenters. The second-order valence-corrected chi connectivity index (χ2v) is 3.83. The van der Waals surface area contributed by atoms with E-state index in [0.29, 0.717) is 0 Å². The summed E-state index contributed by atoms with van der Waals surface area (Å²) in [6.45, 7) is 4.12. The van der Waals surface area contributed by atoms with Crippen molar-refractivity contribution < 1.29 is 0 Å². The van der Waals surface area contributed by atoms with Crippen LogP contribution in [0.1, 0.15) is 24.2 Å². The molecule has 0 radical (unpaired) electrons. The lowest BCUT2D eigenvalue weighted by atomic mass is 10.1. The van der Waals surface area contributed by atoms with Crippen LogP contribution in [0.3, 0.4) is 0 Å². The molecule has 0 aliphatic heterocycles. The molecule has 2 rings (SSSR count). The monoisotopic (exact) mass is 213 g/mol. The zero-order chi connectivity index (χ0) is 11.4. The molecule has 3 heteroatoms. The number of hydrogen-bond donors (Lipinski definition) is 1. The lowest BCUT2D eigenvalue weighted by Crippen LogP contribution is -2.06. The molecule has 0 aliphatic carbocycles. The molecular weight excluding hydrogens is 198 g/mol. The number of aryl methyl sites for hydroxylation is 1. The van der Waals surface area contributed by atoms with Gasteiger partial charge in [0.2, 0.25) is 0 Å². The summed E-state index contributed by atoms with van der Waals surface area (Å²) in [7, 11) is 0. The van der Waals surface area contributed by atoms with E-state index in [9.17, 15) is 0 Å². The average Bonchev–Trinajstić information content (AvgIpc) is 2.30. The van der Waals surface area contributed by atoms with Gasteiger partial charge in [0.1, 0.15) is 0 Å². The van der Waals surface area contributed by atoms with E-state index < -0.39 is 0 Å². The molecule has 2 aromatic rings. The van der Waals surface area contributed by atoms with Crippen LogP contribution in [-0.4, -0.2) is 9.97 Å². The van der Waals surface area contributed by atoms with Crippen LogP contribution in [0.4, 0.5) is 5.69 Å². The summed E-state index contributed by atoms with van der Waals surface area (Å²) in [6, 6.07) is 8.32. The largest absolute Gasteiger partial charge is 0.378 e. The highest BCUT2D eigenvalue weighted by Gasteiger charge is 2.04. The first kappa shape index (κ1) is 10.6. The maximum Gasteiger partial charge on any atom is 0.0486 e. The predicted octanol–water partition coefficient (Wildman–Crippen LogP) is 2.96. The van der Waals surface area contributed by atoms with Crippen molar-refractivity contribution in [3.8, 4) is 0 Å². The molecule has 0 fully saturated rings. The molecule has 16 heavy (non-hydrogen) atoms. The van der Waals surface area contributed by atoms with E-state index in [2.05, 4.69) is 22.2 Å². The van der Waals surface area contributed by atoms with Crippen LogP contribution in [0.15, 0.2) is 42.9 Å². The van der Waals surface area contributed by atoms with E-state index in [4.69, 9.17) is 0 Å². The fraction of sp³-hybridized carbons (Fsp3) is 0.231. The molecule has 0 saturated heterocycles. The predicted molar refractivity (Wildman–Crippen MR) is 65.2 cm³/mol. The van der Waals surface area contributed by atoms with E-state index in [1.165, 1.54) is 5.56 Å². The first-order valence-electron chi connectivity index (χ1n) is 5.35. The van der Waals surface area contributed by atoms with E-state index in [1.54, 1.807) is 0 Å². The maximum absolute atomic E-state index is 4.17. The molecule has 0 aliphatic rings. The maximum atomic E-state index is 4.17.